The summed E-state index contributed by atoms with van der Waals surface area (Å²) in [6.07, 6.45) is 2.44. The molecule has 0 radical (unpaired) electrons. The van der Waals surface area contributed by atoms with Crippen molar-refractivity contribution in [2.75, 3.05) is 33.3 Å². The molecule has 0 aliphatic carbocycles. The summed E-state index contributed by atoms with van der Waals surface area (Å²) in [5.41, 5.74) is 5.15. The highest BCUT2D eigenvalue weighted by atomic mass is 16.5. The average molecular weight is 257 g/mol. The lowest BCUT2D eigenvalue weighted by Crippen LogP contribution is -2.47. The Balaban J connectivity index is 2.26. The number of nitrogens with two attached hydrogens (primary N) is 1. The number of nitrogens with zero attached hydrogens (tertiary/aromatic N) is 1. The Morgan fingerprint density at radius 2 is 2.06 bits per heavy atom. The van der Waals surface area contributed by atoms with Gasteiger partial charge in [-0.1, -0.05) is 0 Å². The second-order valence-electron chi connectivity index (χ2n) is 5.61. The van der Waals surface area contributed by atoms with Gasteiger partial charge in [0.25, 0.3) is 0 Å². The molecule has 1 saturated heterocycles. The van der Waals surface area contributed by atoms with Crippen molar-refractivity contribution in [3.05, 3.63) is 0 Å². The van der Waals surface area contributed by atoms with Crippen LogP contribution in [0.2, 0.25) is 0 Å². The SMILES string of the molecule is COC(C)(C)CC(=O)NC1CCN(CCN)CC1. The van der Waals surface area contributed by atoms with Crippen LogP contribution in [0.15, 0.2) is 0 Å². The predicted molar refractivity (Wildman–Crippen MR) is 72.4 cm³/mol. The molecule has 0 spiro atoms. The largest absolute Gasteiger partial charge is 0.378 e. The van der Waals surface area contributed by atoms with E-state index in [9.17, 15) is 4.79 Å². The van der Waals surface area contributed by atoms with E-state index < -0.39 is 0 Å². The van der Waals surface area contributed by atoms with Crippen molar-refractivity contribution < 1.29 is 9.53 Å². The molecule has 1 aliphatic heterocycles. The van der Waals surface area contributed by atoms with Crippen LogP contribution in [0.3, 0.4) is 0 Å². The molecule has 0 aromatic rings. The Labute approximate surface area is 110 Å². The van der Waals surface area contributed by atoms with Crippen LogP contribution < -0.4 is 11.1 Å². The molecule has 0 unspecified atom stereocenters. The monoisotopic (exact) mass is 257 g/mol. The van der Waals surface area contributed by atoms with Crippen LogP contribution in [0.4, 0.5) is 0 Å². The van der Waals surface area contributed by atoms with E-state index in [1.54, 1.807) is 7.11 Å². The second kappa shape index (κ2) is 7.07. The van der Waals surface area contributed by atoms with Crippen LogP contribution in [-0.2, 0) is 9.53 Å². The van der Waals surface area contributed by atoms with Gasteiger partial charge in [0.1, 0.15) is 0 Å². The van der Waals surface area contributed by atoms with Gasteiger partial charge in [0, 0.05) is 39.3 Å². The topological polar surface area (TPSA) is 67.6 Å². The fourth-order valence-electron chi connectivity index (χ4n) is 2.22. The zero-order valence-corrected chi connectivity index (χ0v) is 11.9. The molecule has 5 nitrogen and oxygen atoms in total. The molecule has 1 rings (SSSR count). The predicted octanol–water partition coefficient (Wildman–Crippen LogP) is 0.341. The lowest BCUT2D eigenvalue weighted by atomic mass is 10.0. The van der Waals surface area contributed by atoms with Gasteiger partial charge in [-0.2, -0.15) is 0 Å². The number of hydrogen-bond donors (Lipinski definition) is 2. The first kappa shape index (κ1) is 15.4. The fourth-order valence-corrected chi connectivity index (χ4v) is 2.22. The van der Waals surface area contributed by atoms with E-state index >= 15 is 0 Å². The lowest BCUT2D eigenvalue weighted by Gasteiger charge is -2.32. The van der Waals surface area contributed by atoms with Gasteiger partial charge in [-0.05, 0) is 26.7 Å². The van der Waals surface area contributed by atoms with E-state index in [4.69, 9.17) is 10.5 Å². The van der Waals surface area contributed by atoms with E-state index in [-0.39, 0.29) is 11.5 Å². The van der Waals surface area contributed by atoms with Crippen molar-refractivity contribution in [3.8, 4) is 0 Å². The molecular formula is C13H27N3O2. The molecule has 5 heteroatoms. The standard InChI is InChI=1S/C13H27N3O2/c1-13(2,18-3)10-12(17)15-11-4-7-16(8-5-11)9-6-14/h11H,4-10,14H2,1-3H3,(H,15,17). The Morgan fingerprint density at radius 3 is 2.56 bits per heavy atom. The number of hydrogen-bond acceptors (Lipinski definition) is 4. The third-order valence-electron chi connectivity index (χ3n) is 3.54. The van der Waals surface area contributed by atoms with Gasteiger partial charge in [-0.15, -0.1) is 0 Å². The number of ether oxygens (including phenoxy) is 1. The van der Waals surface area contributed by atoms with Crippen LogP contribution in [0.5, 0.6) is 0 Å². The number of rotatable bonds is 6. The molecular weight excluding hydrogens is 230 g/mol. The van der Waals surface area contributed by atoms with Crippen LogP contribution in [-0.4, -0.2) is 55.7 Å². The molecule has 0 atom stereocenters. The minimum atomic E-state index is -0.385. The van der Waals surface area contributed by atoms with Gasteiger partial charge in [-0.25, -0.2) is 0 Å². The van der Waals surface area contributed by atoms with Crippen molar-refractivity contribution in [2.24, 2.45) is 5.73 Å². The summed E-state index contributed by atoms with van der Waals surface area (Å²) < 4.78 is 5.26. The minimum absolute atomic E-state index is 0.0825. The van der Waals surface area contributed by atoms with Gasteiger partial charge in [0.05, 0.1) is 12.0 Å². The molecule has 0 aromatic heterocycles. The number of methoxy groups -OCH3 is 1. The number of likely N-dealkylation sites (tertiary alicyclic amines) is 1. The van der Waals surface area contributed by atoms with Crippen LogP contribution in [0.1, 0.15) is 33.1 Å². The van der Waals surface area contributed by atoms with Crippen molar-refractivity contribution in [1.82, 2.24) is 10.2 Å². The van der Waals surface area contributed by atoms with Crippen molar-refractivity contribution >= 4 is 5.91 Å². The number of carbonyl (C=O) groups excluding carboxylic acids is 1. The Morgan fingerprint density at radius 1 is 1.44 bits per heavy atom. The van der Waals surface area contributed by atoms with Gasteiger partial charge in [0.2, 0.25) is 5.91 Å². The third kappa shape index (κ3) is 5.33. The summed E-state index contributed by atoms with van der Waals surface area (Å²) in [5.74, 6) is 0.0825. The molecule has 18 heavy (non-hydrogen) atoms. The summed E-state index contributed by atoms with van der Waals surface area (Å²) in [6.45, 7) is 7.56. The molecule has 0 bridgehead atoms. The van der Waals surface area contributed by atoms with Gasteiger partial charge in [-0.3, -0.25) is 4.79 Å². The molecule has 3 N–H and O–H groups in total. The summed E-state index contributed by atoms with van der Waals surface area (Å²) in [4.78, 5) is 14.2. The summed E-state index contributed by atoms with van der Waals surface area (Å²) in [6, 6.07) is 0.305. The van der Waals surface area contributed by atoms with Crippen molar-refractivity contribution in [1.29, 1.82) is 0 Å². The quantitative estimate of drug-likeness (QED) is 0.720. The highest BCUT2D eigenvalue weighted by Gasteiger charge is 2.24. The molecule has 106 valence electrons. The molecule has 1 amide bonds. The highest BCUT2D eigenvalue weighted by molar-refractivity contribution is 5.77. The first-order chi connectivity index (χ1) is 8.46. The van der Waals surface area contributed by atoms with E-state index in [0.717, 1.165) is 32.5 Å². The molecule has 0 aromatic carbocycles. The zero-order chi connectivity index (χ0) is 13.6. The maximum Gasteiger partial charge on any atom is 0.223 e. The number of nitrogens with one attached hydrogen (secondary N) is 1. The second-order valence-corrected chi connectivity index (χ2v) is 5.61. The van der Waals surface area contributed by atoms with Crippen LogP contribution in [0, 0.1) is 0 Å². The van der Waals surface area contributed by atoms with E-state index in [0.29, 0.717) is 19.0 Å². The fraction of sp³-hybridized carbons (Fsp3) is 0.923. The summed E-state index contributed by atoms with van der Waals surface area (Å²) in [5, 5.41) is 3.10. The number of amides is 1. The maximum absolute atomic E-state index is 11.9. The average Bonchev–Trinajstić information content (AvgIpc) is 2.31. The summed E-state index contributed by atoms with van der Waals surface area (Å²) >= 11 is 0. The maximum atomic E-state index is 11.9. The van der Waals surface area contributed by atoms with Gasteiger partial charge < -0.3 is 20.7 Å². The first-order valence-corrected chi connectivity index (χ1v) is 6.74. The Kier molecular flexibility index (Phi) is 6.05. The first-order valence-electron chi connectivity index (χ1n) is 6.74. The number of carbonyl (C=O) groups is 1. The normalized spacial score (nSPS) is 18.9. The highest BCUT2D eigenvalue weighted by Crippen LogP contribution is 2.14. The van der Waals surface area contributed by atoms with E-state index in [1.165, 1.54) is 0 Å². The zero-order valence-electron chi connectivity index (χ0n) is 11.9. The van der Waals surface area contributed by atoms with Crippen molar-refractivity contribution in [2.45, 2.75) is 44.8 Å². The lowest BCUT2D eigenvalue weighted by molar-refractivity contribution is -0.127. The van der Waals surface area contributed by atoms with Crippen LogP contribution in [0.25, 0.3) is 0 Å². The molecule has 1 heterocycles. The van der Waals surface area contributed by atoms with E-state index in [1.807, 2.05) is 13.8 Å². The van der Waals surface area contributed by atoms with Crippen LogP contribution >= 0.6 is 0 Å². The number of piperidine rings is 1. The molecule has 1 fully saturated rings. The minimum Gasteiger partial charge on any atom is -0.378 e. The molecule has 1 aliphatic rings. The Hall–Kier alpha value is -0.650. The summed E-state index contributed by atoms with van der Waals surface area (Å²) in [7, 11) is 1.64. The smallest absolute Gasteiger partial charge is 0.223 e. The van der Waals surface area contributed by atoms with Crippen molar-refractivity contribution in [3.63, 3.8) is 0 Å². The van der Waals surface area contributed by atoms with Gasteiger partial charge >= 0.3 is 0 Å². The molecule has 0 saturated carbocycles. The third-order valence-corrected chi connectivity index (χ3v) is 3.54. The van der Waals surface area contributed by atoms with E-state index in [2.05, 4.69) is 10.2 Å². The Bertz CT molecular complexity index is 261. The van der Waals surface area contributed by atoms with Gasteiger partial charge in [0.15, 0.2) is 0 Å².